The van der Waals surface area contributed by atoms with E-state index in [9.17, 15) is 0 Å². The molecule has 114 valence electrons. The van der Waals surface area contributed by atoms with Crippen LogP contribution in [0.1, 0.15) is 5.56 Å². The molecular formula is C15H14N8. The highest BCUT2D eigenvalue weighted by molar-refractivity contribution is 6.10. The van der Waals surface area contributed by atoms with Gasteiger partial charge in [-0.25, -0.2) is 9.69 Å². The van der Waals surface area contributed by atoms with E-state index in [0.717, 1.165) is 11.3 Å². The number of hydrazine groups is 2. The lowest BCUT2D eigenvalue weighted by Gasteiger charge is -2.19. The Morgan fingerprint density at radius 1 is 0.913 bits per heavy atom. The molecule has 0 saturated heterocycles. The SMILES string of the molecule is Cn1nnnc1N1NN(c2ccccc2)N=C1c1ccccc1. The predicted molar refractivity (Wildman–Crippen MR) is 86.3 cm³/mol. The molecule has 8 nitrogen and oxygen atoms in total. The topological polar surface area (TPSA) is 74.5 Å². The number of amidine groups is 1. The summed E-state index contributed by atoms with van der Waals surface area (Å²) in [6, 6.07) is 19.7. The predicted octanol–water partition coefficient (Wildman–Crippen LogP) is 1.32. The van der Waals surface area contributed by atoms with Crippen LogP contribution in [0, 0.1) is 0 Å². The number of aryl methyl sites for hydroxylation is 1. The summed E-state index contributed by atoms with van der Waals surface area (Å²) in [7, 11) is 1.78. The fraction of sp³-hybridized carbons (Fsp3) is 0.0667. The van der Waals surface area contributed by atoms with E-state index in [4.69, 9.17) is 0 Å². The molecule has 2 aromatic carbocycles. The van der Waals surface area contributed by atoms with E-state index in [1.807, 2.05) is 60.7 Å². The second-order valence-corrected chi connectivity index (χ2v) is 4.97. The molecule has 1 aliphatic heterocycles. The van der Waals surface area contributed by atoms with Crippen molar-refractivity contribution in [3.63, 3.8) is 0 Å². The lowest BCUT2D eigenvalue weighted by molar-refractivity contribution is 0.664. The van der Waals surface area contributed by atoms with E-state index in [1.54, 1.807) is 21.9 Å². The first-order valence-electron chi connectivity index (χ1n) is 7.11. The molecule has 0 radical (unpaired) electrons. The van der Waals surface area contributed by atoms with Crippen LogP contribution in [0.5, 0.6) is 0 Å². The molecule has 0 bridgehead atoms. The number of benzene rings is 2. The lowest BCUT2D eigenvalue weighted by Crippen LogP contribution is -2.45. The molecule has 4 rings (SSSR count). The zero-order chi connectivity index (χ0) is 15.6. The summed E-state index contributed by atoms with van der Waals surface area (Å²) in [6.45, 7) is 0. The fourth-order valence-corrected chi connectivity index (χ4v) is 2.32. The van der Waals surface area contributed by atoms with Crippen molar-refractivity contribution in [3.05, 3.63) is 66.2 Å². The van der Waals surface area contributed by atoms with Gasteiger partial charge in [-0.2, -0.15) is 5.12 Å². The summed E-state index contributed by atoms with van der Waals surface area (Å²) in [5.74, 6) is 1.26. The third-order valence-electron chi connectivity index (χ3n) is 3.43. The third-order valence-corrected chi connectivity index (χ3v) is 3.43. The smallest absolute Gasteiger partial charge is 0.213 e. The number of anilines is 2. The van der Waals surface area contributed by atoms with Crippen LogP contribution in [-0.2, 0) is 7.05 Å². The second-order valence-electron chi connectivity index (χ2n) is 4.97. The number of aromatic nitrogens is 4. The lowest BCUT2D eigenvalue weighted by atomic mass is 10.2. The zero-order valence-electron chi connectivity index (χ0n) is 12.4. The van der Waals surface area contributed by atoms with E-state index in [0.29, 0.717) is 11.8 Å². The van der Waals surface area contributed by atoms with Crippen molar-refractivity contribution >= 4 is 17.5 Å². The highest BCUT2D eigenvalue weighted by Crippen LogP contribution is 2.21. The Kier molecular flexibility index (Phi) is 3.21. The summed E-state index contributed by atoms with van der Waals surface area (Å²) in [5.41, 5.74) is 5.07. The van der Waals surface area contributed by atoms with Gasteiger partial charge in [0.15, 0.2) is 5.84 Å². The van der Waals surface area contributed by atoms with E-state index < -0.39 is 0 Å². The first-order chi connectivity index (χ1) is 11.3. The largest absolute Gasteiger partial charge is 0.267 e. The van der Waals surface area contributed by atoms with Gasteiger partial charge in [-0.1, -0.05) is 53.6 Å². The number of hydrogen-bond donors (Lipinski definition) is 1. The Morgan fingerprint density at radius 3 is 2.26 bits per heavy atom. The Balaban J connectivity index is 1.77. The van der Waals surface area contributed by atoms with Crippen LogP contribution in [0.25, 0.3) is 0 Å². The molecule has 0 atom stereocenters. The van der Waals surface area contributed by atoms with Crippen molar-refractivity contribution in [2.45, 2.75) is 0 Å². The quantitative estimate of drug-likeness (QED) is 0.786. The Morgan fingerprint density at radius 2 is 1.61 bits per heavy atom. The maximum absolute atomic E-state index is 4.66. The van der Waals surface area contributed by atoms with E-state index in [2.05, 4.69) is 26.2 Å². The second kappa shape index (κ2) is 5.50. The number of rotatable bonds is 3. The summed E-state index contributed by atoms with van der Waals surface area (Å²) in [5, 5.41) is 19.8. The summed E-state index contributed by atoms with van der Waals surface area (Å²) in [6.07, 6.45) is 0. The van der Waals surface area contributed by atoms with Crippen molar-refractivity contribution in [2.75, 3.05) is 10.1 Å². The normalized spacial score (nSPS) is 14.2. The maximum atomic E-state index is 4.66. The number of nitrogens with zero attached hydrogens (tertiary/aromatic N) is 7. The zero-order valence-corrected chi connectivity index (χ0v) is 12.4. The van der Waals surface area contributed by atoms with Gasteiger partial charge in [0, 0.05) is 12.6 Å². The minimum Gasteiger partial charge on any atom is -0.213 e. The average Bonchev–Trinajstić information content (AvgIpc) is 3.22. The molecule has 1 N–H and O–H groups in total. The molecular weight excluding hydrogens is 292 g/mol. The van der Waals surface area contributed by atoms with Gasteiger partial charge in [-0.3, -0.25) is 0 Å². The van der Waals surface area contributed by atoms with Gasteiger partial charge in [0.05, 0.1) is 5.69 Å². The summed E-state index contributed by atoms with van der Waals surface area (Å²) >= 11 is 0. The van der Waals surface area contributed by atoms with Gasteiger partial charge in [0.25, 0.3) is 5.95 Å². The number of hydrogen-bond acceptors (Lipinski definition) is 7. The molecule has 23 heavy (non-hydrogen) atoms. The first-order valence-corrected chi connectivity index (χ1v) is 7.11. The van der Waals surface area contributed by atoms with Crippen molar-refractivity contribution in [1.29, 1.82) is 0 Å². The van der Waals surface area contributed by atoms with Gasteiger partial charge < -0.3 is 0 Å². The van der Waals surface area contributed by atoms with E-state index in [1.165, 1.54) is 0 Å². The van der Waals surface area contributed by atoms with Crippen molar-refractivity contribution in [1.82, 2.24) is 25.7 Å². The maximum Gasteiger partial charge on any atom is 0.267 e. The van der Waals surface area contributed by atoms with Crippen LogP contribution in [0.2, 0.25) is 0 Å². The molecule has 2 heterocycles. The fourth-order valence-electron chi connectivity index (χ4n) is 2.32. The van der Waals surface area contributed by atoms with Gasteiger partial charge in [0.2, 0.25) is 0 Å². The third kappa shape index (κ3) is 2.40. The molecule has 1 aliphatic rings. The Bertz CT molecular complexity index is 827. The number of hydrazone groups is 1. The van der Waals surface area contributed by atoms with E-state index >= 15 is 0 Å². The molecule has 0 aliphatic carbocycles. The Hall–Kier alpha value is -3.26. The van der Waals surface area contributed by atoms with Gasteiger partial charge in [-0.15, -0.1) is 10.6 Å². The standard InChI is InChI=1S/C15H14N8/c1-21-15(16-18-19-21)22-14(12-8-4-2-5-9-12)17-23(20-22)13-10-6-3-7-11-13/h2-11,20H,1H3. The summed E-state index contributed by atoms with van der Waals surface area (Å²) < 4.78 is 1.58. The first kappa shape index (κ1) is 13.4. The molecule has 0 unspecified atom stereocenters. The summed E-state index contributed by atoms with van der Waals surface area (Å²) in [4.78, 5) is 0. The van der Waals surface area contributed by atoms with Gasteiger partial charge in [-0.05, 0) is 22.6 Å². The highest BCUT2D eigenvalue weighted by atomic mass is 15.9. The van der Waals surface area contributed by atoms with Gasteiger partial charge >= 0.3 is 0 Å². The van der Waals surface area contributed by atoms with Crippen molar-refractivity contribution in [2.24, 2.45) is 12.1 Å². The van der Waals surface area contributed by atoms with E-state index in [-0.39, 0.29) is 0 Å². The molecule has 8 heteroatoms. The van der Waals surface area contributed by atoms with Crippen molar-refractivity contribution in [3.8, 4) is 0 Å². The van der Waals surface area contributed by atoms with Crippen LogP contribution in [-0.4, -0.2) is 26.0 Å². The van der Waals surface area contributed by atoms with Crippen LogP contribution in [0.15, 0.2) is 65.8 Å². The number of para-hydroxylation sites is 1. The number of nitrogens with one attached hydrogen (secondary N) is 1. The minimum atomic E-state index is 0.547. The number of tetrazole rings is 1. The molecule has 1 aromatic heterocycles. The van der Waals surface area contributed by atoms with Crippen LogP contribution >= 0.6 is 0 Å². The van der Waals surface area contributed by atoms with Crippen LogP contribution < -0.4 is 15.7 Å². The molecule has 0 saturated carbocycles. The minimum absolute atomic E-state index is 0.547. The average molecular weight is 306 g/mol. The monoisotopic (exact) mass is 306 g/mol. The highest BCUT2D eigenvalue weighted by Gasteiger charge is 2.29. The van der Waals surface area contributed by atoms with Gasteiger partial charge in [0.1, 0.15) is 0 Å². The molecule has 0 amide bonds. The molecule has 0 spiro atoms. The Labute approximate surface area is 132 Å². The van der Waals surface area contributed by atoms with Crippen LogP contribution in [0.4, 0.5) is 11.6 Å². The van der Waals surface area contributed by atoms with Crippen molar-refractivity contribution < 1.29 is 0 Å². The van der Waals surface area contributed by atoms with Crippen LogP contribution in [0.3, 0.4) is 0 Å². The molecule has 3 aromatic rings. The molecule has 0 fully saturated rings.